The maximum atomic E-state index is 12.3. The molecule has 6 heteroatoms. The number of esters is 1. The molecule has 0 aliphatic carbocycles. The van der Waals surface area contributed by atoms with Crippen molar-refractivity contribution in [3.63, 3.8) is 0 Å². The molecule has 0 heterocycles. The number of carbonyl (C=O) groups is 1. The first-order valence-corrected chi connectivity index (χ1v) is 6.42. The predicted octanol–water partition coefficient (Wildman–Crippen LogP) is -1.14. The van der Waals surface area contributed by atoms with Crippen LogP contribution in [0.2, 0.25) is 0 Å². The number of hydrogen-bond acceptors (Lipinski definition) is 5. The number of nitriles is 1. The van der Waals surface area contributed by atoms with Crippen molar-refractivity contribution in [1.82, 2.24) is 0 Å². The summed E-state index contributed by atoms with van der Waals surface area (Å²) in [6.45, 7) is 4.99. The van der Waals surface area contributed by atoms with E-state index in [2.05, 4.69) is 0 Å². The van der Waals surface area contributed by atoms with Crippen LogP contribution >= 0.6 is 0 Å². The summed E-state index contributed by atoms with van der Waals surface area (Å²) < 4.78 is 10.2. The Morgan fingerprint density at radius 1 is 1.27 bits per heavy atom. The number of ether oxygens (including phenoxy) is 2. The van der Waals surface area contributed by atoms with E-state index in [1.54, 1.807) is 57.2 Å². The molecule has 0 saturated heterocycles. The van der Waals surface area contributed by atoms with Crippen molar-refractivity contribution in [2.75, 3.05) is 7.11 Å². The molecule has 0 amide bonds. The van der Waals surface area contributed by atoms with Crippen LogP contribution in [0.15, 0.2) is 41.7 Å². The second-order valence-corrected chi connectivity index (χ2v) is 5.38. The van der Waals surface area contributed by atoms with E-state index in [9.17, 15) is 9.90 Å². The van der Waals surface area contributed by atoms with E-state index < -0.39 is 29.0 Å². The largest absolute Gasteiger partial charge is 1.00 e. The second-order valence-electron chi connectivity index (χ2n) is 5.38. The first-order chi connectivity index (χ1) is 9.80. The van der Waals surface area contributed by atoms with Crippen LogP contribution < -0.4 is 24.0 Å². The predicted molar refractivity (Wildman–Crippen MR) is 74.7 cm³/mol. The van der Waals surface area contributed by atoms with E-state index in [-0.39, 0.29) is 18.9 Å². The van der Waals surface area contributed by atoms with Crippen molar-refractivity contribution in [1.29, 1.82) is 5.26 Å². The van der Waals surface area contributed by atoms with Gasteiger partial charge in [0.2, 0.25) is 0 Å². The van der Waals surface area contributed by atoms with Crippen molar-refractivity contribution in [2.45, 2.75) is 32.5 Å². The minimum absolute atomic E-state index is 0. The Labute approximate surface area is 142 Å². The van der Waals surface area contributed by atoms with Crippen molar-refractivity contribution in [3.05, 3.63) is 47.2 Å². The van der Waals surface area contributed by atoms with Gasteiger partial charge in [-0.05, 0) is 26.3 Å². The molecule has 1 atom stereocenters. The van der Waals surface area contributed by atoms with E-state index in [0.29, 0.717) is 5.56 Å². The number of hydrogen-bond donors (Lipinski definition) is 0. The normalized spacial score (nSPS) is 13.2. The van der Waals surface area contributed by atoms with Crippen molar-refractivity contribution in [2.24, 2.45) is 0 Å². The van der Waals surface area contributed by atoms with Crippen LogP contribution in [0.1, 0.15) is 32.4 Å². The Kier molecular flexibility index (Phi) is 7.98. The van der Waals surface area contributed by atoms with E-state index in [1.807, 2.05) is 0 Å². The van der Waals surface area contributed by atoms with Gasteiger partial charge in [-0.2, -0.15) is 5.26 Å². The second kappa shape index (κ2) is 8.66. The topological polar surface area (TPSA) is 82.4 Å². The van der Waals surface area contributed by atoms with Gasteiger partial charge in [0.15, 0.2) is 0 Å². The maximum absolute atomic E-state index is 12.3. The van der Waals surface area contributed by atoms with Crippen LogP contribution in [-0.4, -0.2) is 18.7 Å². The third-order valence-corrected chi connectivity index (χ3v) is 2.54. The van der Waals surface area contributed by atoms with Gasteiger partial charge in [0.05, 0.1) is 6.10 Å². The maximum Gasteiger partial charge on any atom is 1.00 e. The van der Waals surface area contributed by atoms with E-state index in [0.717, 1.165) is 0 Å². The zero-order valence-electron chi connectivity index (χ0n) is 13.5. The molecule has 112 valence electrons. The molecule has 0 saturated carbocycles. The molecule has 0 radical (unpaired) electrons. The van der Waals surface area contributed by atoms with Gasteiger partial charge in [-0.1, -0.05) is 36.1 Å². The van der Waals surface area contributed by atoms with Gasteiger partial charge in [-0.3, -0.25) is 0 Å². The number of methoxy groups -OCH3 is 1. The fourth-order valence-electron chi connectivity index (χ4n) is 1.68. The van der Waals surface area contributed by atoms with Crippen LogP contribution in [0.25, 0.3) is 0 Å². The van der Waals surface area contributed by atoms with E-state index in [1.165, 1.54) is 7.11 Å². The van der Waals surface area contributed by atoms with Crippen molar-refractivity contribution >= 4 is 5.97 Å². The fourth-order valence-corrected chi connectivity index (χ4v) is 1.68. The van der Waals surface area contributed by atoms with Gasteiger partial charge < -0.3 is 14.6 Å². The van der Waals surface area contributed by atoms with Gasteiger partial charge in [0.1, 0.15) is 17.2 Å². The first kappa shape index (κ1) is 20.3. The monoisotopic (exact) mass is 295 g/mol. The third-order valence-electron chi connectivity index (χ3n) is 2.54. The molecule has 0 bridgehead atoms. The smallest absolute Gasteiger partial charge is 0.872 e. The van der Waals surface area contributed by atoms with Crippen LogP contribution in [-0.2, 0) is 14.3 Å². The standard InChI is InChI=1S/C16H19NO4.Li/c1-16(2,3)21-15(19)12(10-17)13(18)14(20-4)11-8-6-5-7-9-11;/h5-9,14,18H,1-4H3;/q;+1/p-1/t14-;/m1./s1. The molecule has 0 aliphatic heterocycles. The Morgan fingerprint density at radius 2 is 1.82 bits per heavy atom. The van der Waals surface area contributed by atoms with Crippen LogP contribution in [0.5, 0.6) is 0 Å². The third kappa shape index (κ3) is 5.58. The number of rotatable bonds is 4. The Balaban J connectivity index is 0.00000441. The zero-order chi connectivity index (χ0) is 16.0. The average Bonchev–Trinajstić information content (AvgIpc) is 2.39. The minimum Gasteiger partial charge on any atom is -0.872 e. The summed E-state index contributed by atoms with van der Waals surface area (Å²) in [6, 6.07) is 10.3. The van der Waals surface area contributed by atoms with Crippen molar-refractivity contribution in [3.8, 4) is 6.07 Å². The van der Waals surface area contributed by atoms with Gasteiger partial charge in [0, 0.05) is 7.11 Å². The van der Waals surface area contributed by atoms with Gasteiger partial charge in [-0.15, -0.1) is 0 Å². The summed E-state index contributed by atoms with van der Waals surface area (Å²) in [6.07, 6.45) is -1.01. The Morgan fingerprint density at radius 3 is 2.23 bits per heavy atom. The fraction of sp³-hybridized carbons (Fsp3) is 0.375. The SMILES string of the molecule is CO[C@@H](C([O-])=C(C#N)C(=O)OC(C)(C)C)c1ccccc1.[Li+]. The van der Waals surface area contributed by atoms with Crippen LogP contribution in [0, 0.1) is 11.3 Å². The molecule has 0 aliphatic rings. The zero-order valence-corrected chi connectivity index (χ0v) is 13.5. The first-order valence-electron chi connectivity index (χ1n) is 6.42. The summed E-state index contributed by atoms with van der Waals surface area (Å²) in [5.41, 5.74) is -0.781. The average molecular weight is 295 g/mol. The van der Waals surface area contributed by atoms with Gasteiger partial charge in [0.25, 0.3) is 0 Å². The van der Waals surface area contributed by atoms with E-state index >= 15 is 0 Å². The Bertz CT molecular complexity index is 570. The molecular weight excluding hydrogens is 277 g/mol. The summed E-state index contributed by atoms with van der Waals surface area (Å²) >= 11 is 0. The summed E-state index contributed by atoms with van der Waals surface area (Å²) in [5.74, 6) is -1.64. The summed E-state index contributed by atoms with van der Waals surface area (Å²) in [7, 11) is 1.35. The van der Waals surface area contributed by atoms with Gasteiger partial charge >= 0.3 is 24.8 Å². The molecule has 0 N–H and O–H groups in total. The molecule has 1 rings (SSSR count). The molecule has 0 fully saturated rings. The van der Waals surface area contributed by atoms with Crippen molar-refractivity contribution < 1.29 is 38.2 Å². The number of benzene rings is 1. The molecule has 0 aromatic heterocycles. The summed E-state index contributed by atoms with van der Waals surface area (Å²) in [4.78, 5) is 11.9. The Hall–Kier alpha value is -1.72. The molecule has 1 aromatic carbocycles. The number of carbonyl (C=O) groups excluding carboxylic acids is 1. The molecular formula is C16H18LiNO4. The van der Waals surface area contributed by atoms with E-state index in [4.69, 9.17) is 14.7 Å². The van der Waals surface area contributed by atoms with Crippen LogP contribution in [0.3, 0.4) is 0 Å². The molecule has 0 unspecified atom stereocenters. The number of nitrogens with zero attached hydrogens (tertiary/aromatic N) is 1. The summed E-state index contributed by atoms with van der Waals surface area (Å²) in [5, 5.41) is 21.4. The molecule has 22 heavy (non-hydrogen) atoms. The van der Waals surface area contributed by atoms with Gasteiger partial charge in [-0.25, -0.2) is 4.79 Å². The minimum atomic E-state index is -1.01. The molecule has 0 spiro atoms. The molecule has 5 nitrogen and oxygen atoms in total. The quantitative estimate of drug-likeness (QED) is 0.230. The molecule has 1 aromatic rings. The van der Waals surface area contributed by atoms with Crippen LogP contribution in [0.4, 0.5) is 0 Å².